The lowest BCUT2D eigenvalue weighted by Gasteiger charge is -1.74. The molecule has 0 rings (SSSR count). The zero-order chi connectivity index (χ0) is 4.83. The third kappa shape index (κ3) is 16.3. The number of hydrogen-bond donors (Lipinski definition) is 2. The van der Waals surface area contributed by atoms with Crippen LogP contribution in [0.15, 0.2) is 12.2 Å². The highest BCUT2D eigenvalue weighted by Crippen LogP contribution is 1.58. The molecular formula is C4H12Cl2N2. The summed E-state index contributed by atoms with van der Waals surface area (Å²) < 4.78 is 0. The fourth-order valence-electron chi connectivity index (χ4n) is 0.192. The van der Waals surface area contributed by atoms with E-state index >= 15 is 0 Å². The first-order valence-electron chi connectivity index (χ1n) is 1.97. The maximum Gasteiger partial charge on any atom is 0.0107 e. The summed E-state index contributed by atoms with van der Waals surface area (Å²) in [5.41, 5.74) is 10.1. The summed E-state index contributed by atoms with van der Waals surface area (Å²) >= 11 is 0. The van der Waals surface area contributed by atoms with Crippen LogP contribution in [0.3, 0.4) is 0 Å². The number of rotatable bonds is 2. The molecule has 0 aliphatic rings. The first-order chi connectivity index (χ1) is 2.91. The Hall–Kier alpha value is 0.240. The van der Waals surface area contributed by atoms with Gasteiger partial charge in [0.2, 0.25) is 0 Å². The van der Waals surface area contributed by atoms with E-state index in [4.69, 9.17) is 11.5 Å². The van der Waals surface area contributed by atoms with Crippen molar-refractivity contribution in [1.29, 1.82) is 0 Å². The second kappa shape index (κ2) is 15.7. The normalized spacial score (nSPS) is 7.75. The van der Waals surface area contributed by atoms with Crippen LogP contribution in [-0.2, 0) is 0 Å². The third-order valence-electron chi connectivity index (χ3n) is 0.439. The van der Waals surface area contributed by atoms with Crippen LogP contribution < -0.4 is 11.5 Å². The molecule has 0 saturated heterocycles. The van der Waals surface area contributed by atoms with Gasteiger partial charge in [-0.3, -0.25) is 0 Å². The molecule has 0 aliphatic carbocycles. The van der Waals surface area contributed by atoms with Crippen molar-refractivity contribution in [2.24, 2.45) is 11.5 Å². The van der Waals surface area contributed by atoms with Crippen molar-refractivity contribution in [3.05, 3.63) is 12.2 Å². The Balaban J connectivity index is -0.000000125. The topological polar surface area (TPSA) is 52.0 Å². The minimum atomic E-state index is 0. The molecule has 0 fully saturated rings. The molecule has 0 atom stereocenters. The molecule has 0 aromatic rings. The van der Waals surface area contributed by atoms with Gasteiger partial charge in [-0.05, 0) is 0 Å². The van der Waals surface area contributed by atoms with Crippen LogP contribution in [0.4, 0.5) is 0 Å². The maximum absolute atomic E-state index is 5.07. The van der Waals surface area contributed by atoms with E-state index in [1.54, 1.807) is 0 Å². The third-order valence-corrected chi connectivity index (χ3v) is 0.439. The van der Waals surface area contributed by atoms with Crippen LogP contribution in [0.25, 0.3) is 0 Å². The predicted molar refractivity (Wildman–Crippen MR) is 41.7 cm³/mol. The van der Waals surface area contributed by atoms with E-state index < -0.39 is 0 Å². The highest BCUT2D eigenvalue weighted by molar-refractivity contribution is 5.85. The first kappa shape index (κ1) is 15.7. The molecule has 4 N–H and O–H groups in total. The van der Waals surface area contributed by atoms with Gasteiger partial charge in [-0.1, -0.05) is 12.2 Å². The molecule has 4 heteroatoms. The minimum Gasteiger partial charge on any atom is -0.327 e. The van der Waals surface area contributed by atoms with E-state index in [9.17, 15) is 0 Å². The van der Waals surface area contributed by atoms with Crippen molar-refractivity contribution in [1.82, 2.24) is 0 Å². The second-order valence-corrected chi connectivity index (χ2v) is 0.943. The summed E-state index contributed by atoms with van der Waals surface area (Å²) in [7, 11) is 0. The van der Waals surface area contributed by atoms with Gasteiger partial charge in [-0.2, -0.15) is 0 Å². The van der Waals surface area contributed by atoms with Gasteiger partial charge < -0.3 is 11.5 Å². The standard InChI is InChI=1S/C4H10N2.2ClH/c5-3-1-2-4-6;;/h1-2H,3-6H2;2*1H/b2-1-;;. The largest absolute Gasteiger partial charge is 0.327 e. The zero-order valence-corrected chi connectivity index (χ0v) is 6.17. The van der Waals surface area contributed by atoms with Gasteiger partial charge in [0.05, 0.1) is 0 Å². The molecule has 0 saturated carbocycles. The molecule has 0 aromatic heterocycles. The Morgan fingerprint density at radius 1 is 0.875 bits per heavy atom. The van der Waals surface area contributed by atoms with E-state index in [0.29, 0.717) is 13.1 Å². The maximum atomic E-state index is 5.07. The van der Waals surface area contributed by atoms with Crippen molar-refractivity contribution < 1.29 is 0 Å². The highest BCUT2D eigenvalue weighted by Gasteiger charge is 1.59. The van der Waals surface area contributed by atoms with E-state index in [1.165, 1.54) is 0 Å². The van der Waals surface area contributed by atoms with E-state index in [-0.39, 0.29) is 24.8 Å². The molecule has 0 heterocycles. The van der Waals surface area contributed by atoms with Crippen molar-refractivity contribution in [2.45, 2.75) is 0 Å². The molecule has 0 radical (unpaired) electrons. The van der Waals surface area contributed by atoms with E-state index in [1.807, 2.05) is 12.2 Å². The van der Waals surface area contributed by atoms with Crippen LogP contribution in [0.5, 0.6) is 0 Å². The van der Waals surface area contributed by atoms with Gasteiger partial charge >= 0.3 is 0 Å². The fraction of sp³-hybridized carbons (Fsp3) is 0.500. The average Bonchev–Trinajstić information content (AvgIpc) is 1.61. The SMILES string of the molecule is Cl.Cl.NC/C=C\CN. The zero-order valence-electron chi connectivity index (χ0n) is 4.54. The van der Waals surface area contributed by atoms with Gasteiger partial charge in [-0.15, -0.1) is 24.8 Å². The first-order valence-corrected chi connectivity index (χ1v) is 1.97. The van der Waals surface area contributed by atoms with E-state index in [0.717, 1.165) is 0 Å². The van der Waals surface area contributed by atoms with Crippen LogP contribution >= 0.6 is 24.8 Å². The smallest absolute Gasteiger partial charge is 0.0107 e. The Labute approximate surface area is 62.1 Å². The summed E-state index contributed by atoms with van der Waals surface area (Å²) in [5, 5.41) is 0. The van der Waals surface area contributed by atoms with Crippen molar-refractivity contribution in [2.75, 3.05) is 13.1 Å². The minimum absolute atomic E-state index is 0. The molecule has 2 nitrogen and oxygen atoms in total. The molecule has 0 amide bonds. The second-order valence-electron chi connectivity index (χ2n) is 0.943. The molecule has 52 valence electrons. The Morgan fingerprint density at radius 3 is 1.25 bits per heavy atom. The molecule has 0 bridgehead atoms. The van der Waals surface area contributed by atoms with Crippen molar-refractivity contribution in [3.8, 4) is 0 Å². The van der Waals surface area contributed by atoms with Crippen LogP contribution in [0, 0.1) is 0 Å². The number of halogens is 2. The summed E-state index contributed by atoms with van der Waals surface area (Å²) in [5.74, 6) is 0. The molecule has 0 unspecified atom stereocenters. The number of hydrogen-bond acceptors (Lipinski definition) is 2. The molecule has 0 aliphatic heterocycles. The van der Waals surface area contributed by atoms with Crippen LogP contribution in [-0.4, -0.2) is 13.1 Å². The van der Waals surface area contributed by atoms with Gasteiger partial charge in [0.15, 0.2) is 0 Å². The Morgan fingerprint density at radius 2 is 1.12 bits per heavy atom. The monoisotopic (exact) mass is 158 g/mol. The van der Waals surface area contributed by atoms with Gasteiger partial charge in [0.1, 0.15) is 0 Å². The fourth-order valence-corrected chi connectivity index (χ4v) is 0.192. The highest BCUT2D eigenvalue weighted by atomic mass is 35.5. The quantitative estimate of drug-likeness (QED) is 0.569. The summed E-state index contributed by atoms with van der Waals surface area (Å²) in [6.45, 7) is 1.19. The molecule has 8 heavy (non-hydrogen) atoms. The van der Waals surface area contributed by atoms with Crippen LogP contribution in [0.2, 0.25) is 0 Å². The molecule has 0 spiro atoms. The van der Waals surface area contributed by atoms with Gasteiger partial charge in [0, 0.05) is 13.1 Å². The molecule has 0 aromatic carbocycles. The lowest BCUT2D eigenvalue weighted by Crippen LogP contribution is -1.97. The Bertz CT molecular complexity index is 41.3. The van der Waals surface area contributed by atoms with E-state index in [2.05, 4.69) is 0 Å². The average molecular weight is 159 g/mol. The van der Waals surface area contributed by atoms with Crippen LogP contribution in [0.1, 0.15) is 0 Å². The van der Waals surface area contributed by atoms with Gasteiger partial charge in [0.25, 0.3) is 0 Å². The predicted octanol–water partition coefficient (Wildman–Crippen LogP) is 0.304. The summed E-state index contributed by atoms with van der Waals surface area (Å²) in [4.78, 5) is 0. The van der Waals surface area contributed by atoms with Crippen molar-refractivity contribution in [3.63, 3.8) is 0 Å². The van der Waals surface area contributed by atoms with Crippen molar-refractivity contribution >= 4 is 24.8 Å². The lowest BCUT2D eigenvalue weighted by molar-refractivity contribution is 1.20. The number of nitrogens with two attached hydrogens (primary N) is 2. The summed E-state index contributed by atoms with van der Waals surface area (Å²) in [6, 6.07) is 0. The Kier molecular flexibility index (Phi) is 30.8. The molecular weight excluding hydrogens is 147 g/mol. The lowest BCUT2D eigenvalue weighted by atomic mass is 10.5. The summed E-state index contributed by atoms with van der Waals surface area (Å²) in [6.07, 6.45) is 3.67. The van der Waals surface area contributed by atoms with Gasteiger partial charge in [-0.25, -0.2) is 0 Å².